The van der Waals surface area contributed by atoms with Crippen LogP contribution in [0.1, 0.15) is 34.7 Å². The number of nitrogens with zero attached hydrogens (tertiary/aromatic N) is 1. The molecule has 2 bridgehead atoms. The maximum absolute atomic E-state index is 12.6. The number of nitrogens with one attached hydrogen (secondary N) is 1. The van der Waals surface area contributed by atoms with E-state index in [9.17, 15) is 18.0 Å². The van der Waals surface area contributed by atoms with Crippen molar-refractivity contribution in [3.05, 3.63) is 69.1 Å². The summed E-state index contributed by atoms with van der Waals surface area (Å²) in [5, 5.41) is 3.42. The van der Waals surface area contributed by atoms with Gasteiger partial charge in [0.2, 0.25) is 0 Å². The predicted octanol–water partition coefficient (Wildman–Crippen LogP) is 3.29. The third-order valence-corrected chi connectivity index (χ3v) is 5.34. The number of hydrogen-bond donors (Lipinski definition) is 1. The van der Waals surface area contributed by atoms with Crippen LogP contribution in [0.5, 0.6) is 0 Å². The van der Waals surface area contributed by atoms with Gasteiger partial charge in [-0.05, 0) is 48.2 Å². The van der Waals surface area contributed by atoms with E-state index >= 15 is 0 Å². The van der Waals surface area contributed by atoms with Gasteiger partial charge in [-0.3, -0.25) is 4.79 Å². The zero-order chi connectivity index (χ0) is 19.0. The Morgan fingerprint density at radius 1 is 1.07 bits per heavy atom. The van der Waals surface area contributed by atoms with Crippen LogP contribution in [0.2, 0.25) is 0 Å². The van der Waals surface area contributed by atoms with Gasteiger partial charge in [-0.25, -0.2) is 0 Å². The highest BCUT2D eigenvalue weighted by atomic mass is 19.4. The fraction of sp³-hybridized carbons (Fsp3) is 0.450. The lowest BCUT2D eigenvalue weighted by Crippen LogP contribution is -2.45. The Kier molecular flexibility index (Phi) is 4.82. The van der Waals surface area contributed by atoms with Gasteiger partial charge < -0.3 is 14.6 Å². The number of ether oxygens (including phenoxy) is 1. The largest absolute Gasteiger partial charge is 0.416 e. The normalized spacial score (nSPS) is 21.7. The minimum Gasteiger partial charge on any atom is -0.372 e. The first kappa shape index (κ1) is 18.3. The molecular weight excluding hydrogens is 357 g/mol. The molecule has 27 heavy (non-hydrogen) atoms. The molecule has 7 heteroatoms. The van der Waals surface area contributed by atoms with Crippen LogP contribution in [0.15, 0.2) is 41.2 Å². The Balaban J connectivity index is 1.42. The maximum atomic E-state index is 12.6. The molecule has 3 heterocycles. The molecule has 0 aliphatic carbocycles. The summed E-state index contributed by atoms with van der Waals surface area (Å²) in [4.78, 5) is 12.5. The van der Waals surface area contributed by atoms with Crippen molar-refractivity contribution in [2.24, 2.45) is 5.92 Å². The van der Waals surface area contributed by atoms with Crippen LogP contribution in [0.4, 0.5) is 13.2 Å². The van der Waals surface area contributed by atoms with Crippen molar-refractivity contribution in [2.45, 2.75) is 38.3 Å². The van der Waals surface area contributed by atoms with Gasteiger partial charge in [0.25, 0.3) is 5.56 Å². The van der Waals surface area contributed by atoms with Gasteiger partial charge >= 0.3 is 6.18 Å². The van der Waals surface area contributed by atoms with Crippen LogP contribution in [-0.4, -0.2) is 17.7 Å². The van der Waals surface area contributed by atoms with E-state index in [0.717, 1.165) is 49.4 Å². The van der Waals surface area contributed by atoms with Crippen LogP contribution in [0, 0.1) is 5.92 Å². The average Bonchev–Trinajstić information content (AvgIpc) is 2.63. The molecule has 144 valence electrons. The number of hydrogen-bond acceptors (Lipinski definition) is 3. The Labute approximate surface area is 155 Å². The molecule has 0 saturated carbocycles. The molecule has 1 saturated heterocycles. The zero-order valence-electron chi connectivity index (χ0n) is 14.8. The first-order valence-electron chi connectivity index (χ1n) is 9.08. The van der Waals surface area contributed by atoms with Gasteiger partial charge in [-0.2, -0.15) is 13.2 Å². The SMILES string of the molecule is O=c1cc(COCc2ccc(C(F)(F)F)cc2)cc2n1CC1CNCC2C1. The first-order chi connectivity index (χ1) is 12.9. The minimum atomic E-state index is -4.34. The lowest BCUT2D eigenvalue weighted by atomic mass is 9.84. The number of rotatable bonds is 4. The molecule has 2 unspecified atom stereocenters. The second-order valence-electron chi connectivity index (χ2n) is 7.38. The van der Waals surface area contributed by atoms with Gasteiger partial charge in [-0.1, -0.05) is 12.1 Å². The van der Waals surface area contributed by atoms with E-state index in [1.165, 1.54) is 12.1 Å². The Hall–Kier alpha value is -2.12. The third kappa shape index (κ3) is 3.94. The summed E-state index contributed by atoms with van der Waals surface area (Å²) in [5.74, 6) is 0.857. The molecule has 1 fully saturated rings. The summed E-state index contributed by atoms with van der Waals surface area (Å²) in [6.45, 7) is 3.05. The van der Waals surface area contributed by atoms with Crippen molar-refractivity contribution in [2.75, 3.05) is 13.1 Å². The number of halogens is 3. The van der Waals surface area contributed by atoms with E-state index in [-0.39, 0.29) is 18.8 Å². The van der Waals surface area contributed by atoms with E-state index in [1.54, 1.807) is 6.07 Å². The molecule has 0 radical (unpaired) electrons. The number of benzene rings is 1. The lowest BCUT2D eigenvalue weighted by molar-refractivity contribution is -0.137. The molecule has 1 aromatic heterocycles. The quantitative estimate of drug-likeness (QED) is 0.888. The molecule has 2 aliphatic rings. The monoisotopic (exact) mass is 378 g/mol. The van der Waals surface area contributed by atoms with Gasteiger partial charge in [0, 0.05) is 30.8 Å². The van der Waals surface area contributed by atoms with Gasteiger partial charge in [0.15, 0.2) is 0 Å². The fourth-order valence-corrected chi connectivity index (χ4v) is 4.02. The summed E-state index contributed by atoms with van der Waals surface area (Å²) in [6.07, 6.45) is -3.24. The first-order valence-corrected chi connectivity index (χ1v) is 9.08. The Morgan fingerprint density at radius 3 is 2.56 bits per heavy atom. The topological polar surface area (TPSA) is 43.3 Å². The highest BCUT2D eigenvalue weighted by Crippen LogP contribution is 2.32. The van der Waals surface area contributed by atoms with Gasteiger partial charge in [0.05, 0.1) is 18.8 Å². The molecule has 0 amide bonds. The van der Waals surface area contributed by atoms with Crippen molar-refractivity contribution in [1.82, 2.24) is 9.88 Å². The van der Waals surface area contributed by atoms with Crippen LogP contribution in [0.25, 0.3) is 0 Å². The molecule has 2 aromatic rings. The van der Waals surface area contributed by atoms with Gasteiger partial charge in [0.1, 0.15) is 0 Å². The lowest BCUT2D eigenvalue weighted by Gasteiger charge is -2.37. The van der Waals surface area contributed by atoms with E-state index in [4.69, 9.17) is 4.74 Å². The molecule has 2 aliphatic heterocycles. The summed E-state index contributed by atoms with van der Waals surface area (Å²) in [7, 11) is 0. The Morgan fingerprint density at radius 2 is 1.81 bits per heavy atom. The van der Waals surface area contributed by atoms with Crippen LogP contribution >= 0.6 is 0 Å². The average molecular weight is 378 g/mol. The van der Waals surface area contributed by atoms with Crippen molar-refractivity contribution in [3.8, 4) is 0 Å². The van der Waals surface area contributed by atoms with Crippen molar-refractivity contribution in [1.29, 1.82) is 0 Å². The molecule has 2 atom stereocenters. The molecule has 0 spiro atoms. The van der Waals surface area contributed by atoms with Crippen LogP contribution in [0.3, 0.4) is 0 Å². The molecule has 4 rings (SSSR count). The van der Waals surface area contributed by atoms with E-state index in [1.807, 2.05) is 10.6 Å². The zero-order valence-corrected chi connectivity index (χ0v) is 14.8. The molecule has 1 N–H and O–H groups in total. The smallest absolute Gasteiger partial charge is 0.372 e. The van der Waals surface area contributed by atoms with E-state index in [2.05, 4.69) is 5.32 Å². The molecule has 4 nitrogen and oxygen atoms in total. The van der Waals surface area contributed by atoms with E-state index in [0.29, 0.717) is 17.4 Å². The number of aromatic nitrogens is 1. The third-order valence-electron chi connectivity index (χ3n) is 5.34. The van der Waals surface area contributed by atoms with Gasteiger partial charge in [-0.15, -0.1) is 0 Å². The summed E-state index contributed by atoms with van der Waals surface area (Å²) >= 11 is 0. The predicted molar refractivity (Wildman–Crippen MR) is 94.4 cm³/mol. The second kappa shape index (κ2) is 7.13. The number of alkyl halides is 3. The minimum absolute atomic E-state index is 0.00256. The van der Waals surface area contributed by atoms with Crippen LogP contribution in [-0.2, 0) is 30.7 Å². The van der Waals surface area contributed by atoms with Crippen molar-refractivity contribution < 1.29 is 17.9 Å². The summed E-state index contributed by atoms with van der Waals surface area (Å²) in [6, 6.07) is 8.57. The molecular formula is C20H21F3N2O2. The van der Waals surface area contributed by atoms with Crippen molar-refractivity contribution >= 4 is 0 Å². The molecule has 1 aromatic carbocycles. The van der Waals surface area contributed by atoms with Crippen LogP contribution < -0.4 is 10.9 Å². The maximum Gasteiger partial charge on any atom is 0.416 e. The number of fused-ring (bicyclic) bond motifs is 4. The second-order valence-corrected chi connectivity index (χ2v) is 7.38. The van der Waals surface area contributed by atoms with E-state index < -0.39 is 11.7 Å². The summed E-state index contributed by atoms with van der Waals surface area (Å²) < 4.78 is 45.3. The highest BCUT2D eigenvalue weighted by Gasteiger charge is 2.31. The Bertz CT molecular complexity index is 874. The fourth-order valence-electron chi connectivity index (χ4n) is 4.02. The van der Waals surface area contributed by atoms with Crippen molar-refractivity contribution in [3.63, 3.8) is 0 Å². The summed E-state index contributed by atoms with van der Waals surface area (Å²) in [5.41, 5.74) is 1.85. The number of pyridine rings is 1. The standard InChI is InChI=1S/C20H21F3N2O2/c21-20(22,23)17-3-1-13(2-4-17)11-27-12-14-6-18-16-5-15(8-24-9-16)10-25(18)19(26)7-14/h1-4,6-7,15-16,24H,5,8-12H2. The highest BCUT2D eigenvalue weighted by molar-refractivity contribution is 5.25. The number of piperidine rings is 1.